The minimum Gasteiger partial charge on any atom is -0.497 e. The summed E-state index contributed by atoms with van der Waals surface area (Å²) in [5.74, 6) is -0.833. The lowest BCUT2D eigenvalue weighted by atomic mass is 10.1. The van der Waals surface area contributed by atoms with Gasteiger partial charge in [0.1, 0.15) is 11.8 Å². The zero-order valence-corrected chi connectivity index (χ0v) is 17.6. The molecule has 0 fully saturated rings. The molecule has 0 radical (unpaired) electrons. The molecule has 0 saturated heterocycles. The van der Waals surface area contributed by atoms with E-state index in [-0.39, 0.29) is 0 Å². The van der Waals surface area contributed by atoms with Crippen molar-refractivity contribution in [2.75, 3.05) is 19.0 Å². The zero-order valence-electron chi connectivity index (χ0n) is 17.6. The lowest BCUT2D eigenvalue weighted by molar-refractivity contribution is -0.149. The molecule has 0 saturated carbocycles. The number of carbonyl (C=O) groups excluding carboxylic acids is 3. The predicted molar refractivity (Wildman–Crippen MR) is 118 cm³/mol. The molecule has 0 spiro atoms. The van der Waals surface area contributed by atoms with Gasteiger partial charge in [0.2, 0.25) is 5.91 Å². The standard InChI is InChI=1S/C24H26N2O5/c1-16(25-22(27)13-8-17-6-11-21(30-2)12-7-17)24(29)31-15-23(28)26-20-10-9-18-4-3-5-19(18)14-20/h6-14,16H,3-5,15H2,1-2H3,(H,25,27)(H,26,28)/b13-8+/t16-/m0/s1. The SMILES string of the molecule is COc1ccc(/C=C/C(=O)N[C@@H](C)C(=O)OCC(=O)Nc2ccc3c(c2)CCC3)cc1. The van der Waals surface area contributed by atoms with Crippen molar-refractivity contribution >= 4 is 29.5 Å². The Labute approximate surface area is 181 Å². The normalized spacial score (nSPS) is 13.4. The molecule has 2 aromatic carbocycles. The van der Waals surface area contributed by atoms with Gasteiger partial charge in [0.15, 0.2) is 6.61 Å². The van der Waals surface area contributed by atoms with E-state index in [2.05, 4.69) is 10.6 Å². The van der Waals surface area contributed by atoms with Crippen molar-refractivity contribution in [1.82, 2.24) is 5.32 Å². The van der Waals surface area contributed by atoms with Gasteiger partial charge in [-0.25, -0.2) is 4.79 Å². The number of hydrogen-bond donors (Lipinski definition) is 2. The molecule has 2 N–H and O–H groups in total. The van der Waals surface area contributed by atoms with Gasteiger partial charge in [0, 0.05) is 11.8 Å². The van der Waals surface area contributed by atoms with Crippen LogP contribution >= 0.6 is 0 Å². The average Bonchev–Trinajstić information content (AvgIpc) is 3.24. The lowest BCUT2D eigenvalue weighted by Gasteiger charge is -2.12. The van der Waals surface area contributed by atoms with Crippen LogP contribution in [0.2, 0.25) is 0 Å². The average molecular weight is 422 g/mol. The first-order chi connectivity index (χ1) is 14.9. The van der Waals surface area contributed by atoms with E-state index >= 15 is 0 Å². The molecule has 0 unspecified atom stereocenters. The van der Waals surface area contributed by atoms with Crippen LogP contribution in [0.1, 0.15) is 30.0 Å². The summed E-state index contributed by atoms with van der Waals surface area (Å²) in [4.78, 5) is 36.2. The van der Waals surface area contributed by atoms with Gasteiger partial charge >= 0.3 is 5.97 Å². The molecule has 0 bridgehead atoms. The van der Waals surface area contributed by atoms with Gasteiger partial charge in [-0.1, -0.05) is 18.2 Å². The highest BCUT2D eigenvalue weighted by molar-refractivity contribution is 5.96. The Hall–Kier alpha value is -3.61. The molecule has 0 aromatic heterocycles. The van der Waals surface area contributed by atoms with Crippen molar-refractivity contribution in [3.05, 3.63) is 65.2 Å². The fourth-order valence-electron chi connectivity index (χ4n) is 3.32. The van der Waals surface area contributed by atoms with Crippen LogP contribution in [0, 0.1) is 0 Å². The molecular formula is C24H26N2O5. The van der Waals surface area contributed by atoms with E-state index in [1.54, 1.807) is 37.5 Å². The Bertz CT molecular complexity index is 982. The van der Waals surface area contributed by atoms with Gasteiger partial charge in [-0.3, -0.25) is 9.59 Å². The third kappa shape index (κ3) is 6.44. The summed E-state index contributed by atoms with van der Waals surface area (Å²) < 4.78 is 10.1. The highest BCUT2D eigenvalue weighted by Gasteiger charge is 2.18. The number of carbonyl (C=O) groups is 3. The van der Waals surface area contributed by atoms with Gasteiger partial charge in [-0.05, 0) is 73.2 Å². The third-order valence-corrected chi connectivity index (χ3v) is 4.98. The first kappa shape index (κ1) is 22.1. The van der Waals surface area contributed by atoms with E-state index in [1.165, 1.54) is 24.1 Å². The Morgan fingerprint density at radius 3 is 2.55 bits per heavy atom. The smallest absolute Gasteiger partial charge is 0.328 e. The summed E-state index contributed by atoms with van der Waals surface area (Å²) in [5.41, 5.74) is 4.06. The fourth-order valence-corrected chi connectivity index (χ4v) is 3.32. The number of anilines is 1. The van der Waals surface area contributed by atoms with Crippen LogP contribution in [0.15, 0.2) is 48.5 Å². The van der Waals surface area contributed by atoms with Crippen LogP contribution in [0.3, 0.4) is 0 Å². The number of nitrogens with one attached hydrogen (secondary N) is 2. The minimum absolute atomic E-state index is 0.419. The molecule has 0 aliphatic heterocycles. The quantitative estimate of drug-likeness (QED) is 0.504. The van der Waals surface area contributed by atoms with E-state index in [4.69, 9.17) is 9.47 Å². The number of methoxy groups -OCH3 is 1. The molecule has 31 heavy (non-hydrogen) atoms. The maximum absolute atomic E-state index is 12.1. The Balaban J connectivity index is 1.41. The number of benzene rings is 2. The van der Waals surface area contributed by atoms with Crippen molar-refractivity contribution < 1.29 is 23.9 Å². The van der Waals surface area contributed by atoms with Crippen LogP contribution < -0.4 is 15.4 Å². The first-order valence-corrected chi connectivity index (χ1v) is 10.2. The number of fused-ring (bicyclic) bond motifs is 1. The second-order valence-corrected chi connectivity index (χ2v) is 7.33. The molecule has 2 amide bonds. The number of esters is 1. The monoisotopic (exact) mass is 422 g/mol. The third-order valence-electron chi connectivity index (χ3n) is 4.98. The molecule has 1 atom stereocenters. The van der Waals surface area contributed by atoms with Crippen LogP contribution in [0.4, 0.5) is 5.69 Å². The van der Waals surface area contributed by atoms with E-state index in [0.717, 1.165) is 30.6 Å². The highest BCUT2D eigenvalue weighted by Crippen LogP contribution is 2.24. The van der Waals surface area contributed by atoms with Crippen molar-refractivity contribution in [2.24, 2.45) is 0 Å². The molecule has 7 nitrogen and oxygen atoms in total. The predicted octanol–water partition coefficient (Wildman–Crippen LogP) is 2.88. The van der Waals surface area contributed by atoms with Crippen LogP contribution in [0.5, 0.6) is 5.75 Å². The summed E-state index contributed by atoms with van der Waals surface area (Å²) in [5, 5.41) is 5.25. The number of amides is 2. The van der Waals surface area contributed by atoms with Crippen molar-refractivity contribution in [1.29, 1.82) is 0 Å². The van der Waals surface area contributed by atoms with E-state index < -0.39 is 30.4 Å². The molecular weight excluding hydrogens is 396 g/mol. The van der Waals surface area contributed by atoms with E-state index in [1.807, 2.05) is 18.2 Å². The maximum atomic E-state index is 12.1. The molecule has 2 aromatic rings. The number of aryl methyl sites for hydroxylation is 2. The number of hydrogen-bond acceptors (Lipinski definition) is 5. The number of rotatable bonds is 8. The van der Waals surface area contributed by atoms with Crippen molar-refractivity contribution in [2.45, 2.75) is 32.2 Å². The molecule has 1 aliphatic carbocycles. The van der Waals surface area contributed by atoms with Crippen molar-refractivity contribution in [3.8, 4) is 5.75 Å². The highest BCUT2D eigenvalue weighted by atomic mass is 16.5. The summed E-state index contributed by atoms with van der Waals surface area (Å²) in [7, 11) is 1.58. The largest absolute Gasteiger partial charge is 0.497 e. The molecule has 3 rings (SSSR count). The molecule has 7 heteroatoms. The van der Waals surface area contributed by atoms with Gasteiger partial charge in [-0.15, -0.1) is 0 Å². The lowest BCUT2D eigenvalue weighted by Crippen LogP contribution is -2.39. The molecule has 162 valence electrons. The van der Waals surface area contributed by atoms with Gasteiger partial charge in [0.25, 0.3) is 5.91 Å². The molecule has 1 aliphatic rings. The summed E-state index contributed by atoms with van der Waals surface area (Å²) in [6.07, 6.45) is 6.16. The minimum atomic E-state index is -0.888. The summed E-state index contributed by atoms with van der Waals surface area (Å²) in [6.45, 7) is 1.08. The summed E-state index contributed by atoms with van der Waals surface area (Å²) in [6, 6.07) is 12.1. The van der Waals surface area contributed by atoms with E-state index in [9.17, 15) is 14.4 Å². The van der Waals surface area contributed by atoms with Crippen LogP contribution in [0.25, 0.3) is 6.08 Å². The Morgan fingerprint density at radius 2 is 1.81 bits per heavy atom. The van der Waals surface area contributed by atoms with Gasteiger partial charge in [0.05, 0.1) is 7.11 Å². The van der Waals surface area contributed by atoms with Crippen molar-refractivity contribution in [3.63, 3.8) is 0 Å². The second-order valence-electron chi connectivity index (χ2n) is 7.33. The first-order valence-electron chi connectivity index (χ1n) is 10.2. The Morgan fingerprint density at radius 1 is 1.06 bits per heavy atom. The van der Waals surface area contributed by atoms with Gasteiger partial charge in [-0.2, -0.15) is 0 Å². The number of ether oxygens (including phenoxy) is 2. The molecule has 0 heterocycles. The maximum Gasteiger partial charge on any atom is 0.328 e. The Kier molecular flexibility index (Phi) is 7.43. The zero-order chi connectivity index (χ0) is 22.2. The fraction of sp³-hybridized carbons (Fsp3) is 0.292. The van der Waals surface area contributed by atoms with Crippen LogP contribution in [-0.2, 0) is 32.0 Å². The van der Waals surface area contributed by atoms with Gasteiger partial charge < -0.3 is 20.1 Å². The summed E-state index contributed by atoms with van der Waals surface area (Å²) >= 11 is 0. The van der Waals surface area contributed by atoms with Crippen LogP contribution in [-0.4, -0.2) is 37.5 Å². The van der Waals surface area contributed by atoms with E-state index in [0.29, 0.717) is 5.69 Å². The second kappa shape index (κ2) is 10.4. The topological polar surface area (TPSA) is 93.7 Å².